The maximum Gasteiger partial charge on any atom is 0.398 e. The molecular formula is C31H34ClF5N4O4. The third-order valence-electron chi connectivity index (χ3n) is 9.00. The number of hydrogen-bond donors (Lipinski definition) is 2. The van der Waals surface area contributed by atoms with Crippen molar-refractivity contribution in [2.45, 2.75) is 68.9 Å². The van der Waals surface area contributed by atoms with Crippen molar-refractivity contribution in [2.75, 3.05) is 27.2 Å². The number of carbonyl (C=O) groups is 3. The number of rotatable bonds is 9. The maximum absolute atomic E-state index is 14.3. The van der Waals surface area contributed by atoms with E-state index in [4.69, 9.17) is 11.6 Å². The van der Waals surface area contributed by atoms with Crippen molar-refractivity contribution in [2.24, 2.45) is 11.8 Å². The van der Waals surface area contributed by atoms with Crippen LogP contribution in [0, 0.1) is 11.8 Å². The highest BCUT2D eigenvalue weighted by molar-refractivity contribution is 6.34. The summed E-state index contributed by atoms with van der Waals surface area (Å²) in [4.78, 5) is 40.1. The molecule has 244 valence electrons. The molecule has 1 amide bonds. The average molecular weight is 657 g/mol. The predicted octanol–water partition coefficient (Wildman–Crippen LogP) is 5.51. The lowest BCUT2D eigenvalue weighted by atomic mass is 9.82. The zero-order chi connectivity index (χ0) is 32.9. The molecule has 1 aromatic heterocycles. The lowest BCUT2D eigenvalue weighted by molar-refractivity contribution is -0.160. The van der Waals surface area contributed by atoms with E-state index in [0.29, 0.717) is 35.4 Å². The van der Waals surface area contributed by atoms with Crippen LogP contribution in [0.2, 0.25) is 5.02 Å². The Hall–Kier alpha value is -3.32. The highest BCUT2D eigenvalue weighted by Crippen LogP contribution is 2.60. The molecule has 2 N–H and O–H groups in total. The second kappa shape index (κ2) is 12.1. The topological polar surface area (TPSA) is 105 Å². The SMILES string of the molecule is CN(C)CC(F)(F)CNC(=O)C1CCc2c(C3=CCC(C(=O)O)CC3)nn(C(=O)c3c(Cl)cccc3C3(C(F)(F)F)CC3)c2C1. The second-order valence-corrected chi connectivity index (χ2v) is 12.9. The van der Waals surface area contributed by atoms with Crippen LogP contribution in [0.15, 0.2) is 24.3 Å². The predicted molar refractivity (Wildman–Crippen MR) is 155 cm³/mol. The van der Waals surface area contributed by atoms with Crippen molar-refractivity contribution in [1.82, 2.24) is 20.0 Å². The van der Waals surface area contributed by atoms with Gasteiger partial charge >= 0.3 is 12.1 Å². The Balaban J connectivity index is 1.52. The van der Waals surface area contributed by atoms with Crippen LogP contribution in [0.4, 0.5) is 22.0 Å². The summed E-state index contributed by atoms with van der Waals surface area (Å²) in [5.74, 6) is -6.99. The number of carboxylic acids is 1. The van der Waals surface area contributed by atoms with Crippen LogP contribution >= 0.6 is 11.6 Å². The van der Waals surface area contributed by atoms with Crippen LogP contribution in [-0.2, 0) is 27.8 Å². The van der Waals surface area contributed by atoms with Gasteiger partial charge in [0.1, 0.15) is 0 Å². The molecule has 2 atom stereocenters. The molecule has 1 fully saturated rings. The normalized spacial score (nSPS) is 21.2. The zero-order valence-corrected chi connectivity index (χ0v) is 25.6. The molecule has 2 unspecified atom stereocenters. The van der Waals surface area contributed by atoms with Gasteiger partial charge in [-0.15, -0.1) is 0 Å². The Kier molecular flexibility index (Phi) is 8.91. The number of allylic oxidation sites excluding steroid dienone is 2. The van der Waals surface area contributed by atoms with Gasteiger partial charge in [0.25, 0.3) is 11.8 Å². The minimum Gasteiger partial charge on any atom is -0.481 e. The van der Waals surface area contributed by atoms with Gasteiger partial charge in [0, 0.05) is 17.9 Å². The summed E-state index contributed by atoms with van der Waals surface area (Å²) in [6, 6.07) is 3.94. The molecule has 1 saturated carbocycles. The third-order valence-corrected chi connectivity index (χ3v) is 9.32. The Morgan fingerprint density at radius 2 is 1.80 bits per heavy atom. The fourth-order valence-corrected chi connectivity index (χ4v) is 6.75. The van der Waals surface area contributed by atoms with Crippen molar-refractivity contribution in [3.63, 3.8) is 0 Å². The van der Waals surface area contributed by atoms with Gasteiger partial charge in [-0.05, 0) is 76.2 Å². The molecule has 0 radical (unpaired) electrons. The minimum absolute atomic E-state index is 0.0611. The molecule has 0 spiro atoms. The largest absolute Gasteiger partial charge is 0.481 e. The molecular weight excluding hydrogens is 623 g/mol. The zero-order valence-electron chi connectivity index (χ0n) is 24.8. The lowest BCUT2D eigenvalue weighted by Crippen LogP contribution is -2.45. The third kappa shape index (κ3) is 6.51. The van der Waals surface area contributed by atoms with Crippen molar-refractivity contribution >= 4 is 35.0 Å². The summed E-state index contributed by atoms with van der Waals surface area (Å²) >= 11 is 6.41. The molecule has 1 aromatic carbocycles. The van der Waals surface area contributed by atoms with Crippen molar-refractivity contribution in [3.8, 4) is 0 Å². The smallest absolute Gasteiger partial charge is 0.398 e. The van der Waals surface area contributed by atoms with Crippen LogP contribution in [0.3, 0.4) is 0 Å². The first-order valence-electron chi connectivity index (χ1n) is 14.8. The molecule has 0 saturated heterocycles. The molecule has 1 heterocycles. The molecule has 45 heavy (non-hydrogen) atoms. The highest BCUT2D eigenvalue weighted by atomic mass is 35.5. The number of hydrogen-bond acceptors (Lipinski definition) is 5. The Morgan fingerprint density at radius 1 is 1.11 bits per heavy atom. The molecule has 8 nitrogen and oxygen atoms in total. The Morgan fingerprint density at radius 3 is 2.38 bits per heavy atom. The summed E-state index contributed by atoms with van der Waals surface area (Å²) in [7, 11) is 2.98. The van der Waals surface area contributed by atoms with Gasteiger partial charge in [-0.2, -0.15) is 23.0 Å². The lowest BCUT2D eigenvalue weighted by Gasteiger charge is -2.26. The first-order valence-corrected chi connectivity index (χ1v) is 15.2. The fourth-order valence-electron chi connectivity index (χ4n) is 6.49. The summed E-state index contributed by atoms with van der Waals surface area (Å²) in [5, 5.41) is 16.1. The Bertz CT molecular complexity index is 1550. The van der Waals surface area contributed by atoms with Gasteiger partial charge in [-0.1, -0.05) is 29.8 Å². The first kappa shape index (κ1) is 33.1. The van der Waals surface area contributed by atoms with Gasteiger partial charge in [-0.25, -0.2) is 8.78 Å². The number of carboxylic acid groups (broad SMARTS) is 1. The van der Waals surface area contributed by atoms with Gasteiger partial charge in [0.05, 0.1) is 46.4 Å². The van der Waals surface area contributed by atoms with Gasteiger partial charge in [0.2, 0.25) is 5.91 Å². The molecule has 5 rings (SSSR count). The Labute approximate surface area is 261 Å². The van der Waals surface area contributed by atoms with E-state index in [2.05, 4.69) is 10.4 Å². The molecule has 3 aliphatic carbocycles. The molecule has 2 aromatic rings. The van der Waals surface area contributed by atoms with E-state index in [1.54, 1.807) is 6.08 Å². The number of nitrogens with one attached hydrogen (secondary N) is 1. The highest BCUT2D eigenvalue weighted by Gasteiger charge is 2.65. The van der Waals surface area contributed by atoms with Gasteiger partial charge in [0.15, 0.2) is 0 Å². The van der Waals surface area contributed by atoms with Crippen LogP contribution in [0.5, 0.6) is 0 Å². The minimum atomic E-state index is -4.62. The number of benzene rings is 1. The van der Waals surface area contributed by atoms with E-state index >= 15 is 0 Å². The number of halogens is 6. The van der Waals surface area contributed by atoms with Crippen molar-refractivity contribution in [3.05, 3.63) is 57.4 Å². The number of fused-ring (bicyclic) bond motifs is 1. The summed E-state index contributed by atoms with van der Waals surface area (Å²) in [5.41, 5.74) is -0.742. The van der Waals surface area contributed by atoms with Crippen LogP contribution in [0.25, 0.3) is 5.57 Å². The molecule has 14 heteroatoms. The monoisotopic (exact) mass is 656 g/mol. The quantitative estimate of drug-likeness (QED) is 0.346. The van der Waals surface area contributed by atoms with E-state index < -0.39 is 60.2 Å². The molecule has 0 aliphatic heterocycles. The first-order chi connectivity index (χ1) is 21.0. The maximum atomic E-state index is 14.3. The number of amides is 1. The molecule has 3 aliphatic rings. The summed E-state index contributed by atoms with van der Waals surface area (Å²) in [6.45, 7) is -1.44. The summed E-state index contributed by atoms with van der Waals surface area (Å²) < 4.78 is 72.2. The van der Waals surface area contributed by atoms with Crippen LogP contribution < -0.4 is 5.32 Å². The van der Waals surface area contributed by atoms with Gasteiger partial charge < -0.3 is 15.3 Å². The standard InChI is InChI=1S/C31H34ClF5N4O4/c1-40(2)16-30(33,34)15-38-26(42)19-10-11-20-23(14-19)41(39-25(20)17-6-8-18(9-7-17)28(44)45)27(43)24-21(4-3-5-22(24)32)29(12-13-29)31(35,36)37/h3-6,18-19H,7-16H2,1-2H3,(H,38,42)(H,44,45). The fraction of sp³-hybridized carbons (Fsp3) is 0.548. The average Bonchev–Trinajstić information content (AvgIpc) is 3.70. The van der Waals surface area contributed by atoms with Crippen molar-refractivity contribution in [1.29, 1.82) is 0 Å². The van der Waals surface area contributed by atoms with E-state index in [-0.39, 0.29) is 54.7 Å². The summed E-state index contributed by atoms with van der Waals surface area (Å²) in [6.07, 6.45) is -1.86. The van der Waals surface area contributed by atoms with E-state index in [1.165, 1.54) is 37.2 Å². The number of carbonyl (C=O) groups excluding carboxylic acids is 2. The van der Waals surface area contributed by atoms with E-state index in [9.17, 15) is 41.4 Å². The molecule has 0 bridgehead atoms. The number of aromatic nitrogens is 2. The van der Waals surface area contributed by atoms with Crippen molar-refractivity contribution < 1.29 is 41.4 Å². The van der Waals surface area contributed by atoms with E-state index in [1.807, 2.05) is 0 Å². The van der Waals surface area contributed by atoms with E-state index in [0.717, 1.165) is 4.68 Å². The van der Waals surface area contributed by atoms with Crippen LogP contribution in [0.1, 0.15) is 71.4 Å². The second-order valence-electron chi connectivity index (χ2n) is 12.5. The van der Waals surface area contributed by atoms with Gasteiger partial charge in [-0.3, -0.25) is 14.4 Å². The number of alkyl halides is 5. The number of aliphatic carboxylic acids is 1. The van der Waals surface area contributed by atoms with Crippen LogP contribution in [-0.4, -0.2) is 76.9 Å². The number of nitrogens with zero attached hydrogens (tertiary/aromatic N) is 3.